The highest BCUT2D eigenvalue weighted by molar-refractivity contribution is 6.17. The third-order valence-electron chi connectivity index (χ3n) is 3.37. The monoisotopic (exact) mass is 274 g/mol. The van der Waals surface area contributed by atoms with E-state index in [1.165, 1.54) is 5.56 Å². The molecule has 1 atom stereocenters. The molecule has 0 saturated carbocycles. The van der Waals surface area contributed by atoms with Gasteiger partial charge in [-0.25, -0.2) is 0 Å². The normalized spacial score (nSPS) is 12.2. The lowest BCUT2D eigenvalue weighted by Gasteiger charge is -2.10. The van der Waals surface area contributed by atoms with Gasteiger partial charge in [-0.2, -0.15) is 0 Å². The lowest BCUT2D eigenvalue weighted by Crippen LogP contribution is -1.91. The van der Waals surface area contributed by atoms with E-state index in [1.807, 2.05) is 36.4 Å². The first-order chi connectivity index (χ1) is 9.22. The van der Waals surface area contributed by atoms with Crippen LogP contribution in [0.3, 0.4) is 0 Å². The Kier molecular flexibility index (Phi) is 4.86. The van der Waals surface area contributed by atoms with Gasteiger partial charge in [-0.3, -0.25) is 0 Å². The number of hydrogen-bond acceptors (Lipinski definition) is 1. The Hall–Kier alpha value is -1.47. The van der Waals surface area contributed by atoms with Gasteiger partial charge in [-0.05, 0) is 47.7 Å². The molecule has 1 nitrogen and oxygen atoms in total. The summed E-state index contributed by atoms with van der Waals surface area (Å²) >= 11 is 5.76. The molecule has 0 heterocycles. The maximum Gasteiger partial charge on any atom is 0.127 e. The van der Waals surface area contributed by atoms with Crippen LogP contribution in [0.15, 0.2) is 48.5 Å². The third kappa shape index (κ3) is 3.74. The van der Waals surface area contributed by atoms with Crippen molar-refractivity contribution >= 4 is 11.6 Å². The molecular formula is C17H19ClO. The van der Waals surface area contributed by atoms with Gasteiger partial charge in [0.25, 0.3) is 0 Å². The molecule has 0 radical (unpaired) electrons. The quantitative estimate of drug-likeness (QED) is 0.633. The standard InChI is InChI=1S/C17H19ClO/c1-3-13(2)15-6-10-17(11-7-15)19-16-8-4-14(12-18)5-9-16/h4-11,13H,3,12H2,1-2H3. The third-order valence-corrected chi connectivity index (χ3v) is 3.68. The van der Waals surface area contributed by atoms with Crippen LogP contribution in [0.5, 0.6) is 11.5 Å². The Labute approximate surface area is 120 Å². The molecule has 2 rings (SSSR count). The molecule has 0 bridgehead atoms. The second-order valence-electron chi connectivity index (χ2n) is 4.76. The van der Waals surface area contributed by atoms with Crippen molar-refractivity contribution in [1.29, 1.82) is 0 Å². The average molecular weight is 275 g/mol. The average Bonchev–Trinajstić information content (AvgIpc) is 2.48. The summed E-state index contributed by atoms with van der Waals surface area (Å²) in [6, 6.07) is 16.2. The fraction of sp³-hybridized carbons (Fsp3) is 0.294. The molecule has 0 saturated heterocycles. The molecule has 0 aromatic heterocycles. The molecule has 0 amide bonds. The second kappa shape index (κ2) is 6.63. The first-order valence-electron chi connectivity index (χ1n) is 6.65. The zero-order chi connectivity index (χ0) is 13.7. The van der Waals surface area contributed by atoms with Gasteiger partial charge in [-0.15, -0.1) is 11.6 Å². The number of ether oxygens (including phenoxy) is 1. The van der Waals surface area contributed by atoms with Crippen LogP contribution >= 0.6 is 11.6 Å². The highest BCUT2D eigenvalue weighted by Crippen LogP contribution is 2.25. The minimum atomic E-state index is 0.532. The summed E-state index contributed by atoms with van der Waals surface area (Å²) in [4.78, 5) is 0. The first-order valence-corrected chi connectivity index (χ1v) is 7.19. The van der Waals surface area contributed by atoms with Crippen molar-refractivity contribution in [2.75, 3.05) is 0 Å². The molecular weight excluding hydrogens is 256 g/mol. The molecule has 1 unspecified atom stereocenters. The van der Waals surface area contributed by atoms with Crippen LogP contribution in [0.1, 0.15) is 37.3 Å². The van der Waals surface area contributed by atoms with Crippen LogP contribution in [0.25, 0.3) is 0 Å². The van der Waals surface area contributed by atoms with E-state index in [1.54, 1.807) is 0 Å². The summed E-state index contributed by atoms with van der Waals surface area (Å²) in [5, 5.41) is 0. The Morgan fingerprint density at radius 3 is 1.95 bits per heavy atom. The van der Waals surface area contributed by atoms with Crippen LogP contribution in [-0.4, -0.2) is 0 Å². The lowest BCUT2D eigenvalue weighted by molar-refractivity contribution is 0.482. The summed E-state index contributed by atoms with van der Waals surface area (Å²) in [7, 11) is 0. The van der Waals surface area contributed by atoms with Gasteiger partial charge in [0.2, 0.25) is 0 Å². The number of halogens is 1. The number of alkyl halides is 1. The van der Waals surface area contributed by atoms with Crippen molar-refractivity contribution in [2.24, 2.45) is 0 Å². The maximum absolute atomic E-state index is 5.80. The van der Waals surface area contributed by atoms with Gasteiger partial charge >= 0.3 is 0 Å². The summed E-state index contributed by atoms with van der Waals surface area (Å²) < 4.78 is 5.80. The van der Waals surface area contributed by atoms with Crippen molar-refractivity contribution in [3.05, 3.63) is 59.7 Å². The van der Waals surface area contributed by atoms with E-state index in [0.717, 1.165) is 23.5 Å². The fourth-order valence-electron chi connectivity index (χ4n) is 1.88. The first kappa shape index (κ1) is 14.0. The van der Waals surface area contributed by atoms with Gasteiger partial charge in [-0.1, -0.05) is 38.1 Å². The van der Waals surface area contributed by atoms with Gasteiger partial charge in [0, 0.05) is 5.88 Å². The van der Waals surface area contributed by atoms with Crippen molar-refractivity contribution in [2.45, 2.75) is 32.1 Å². The van der Waals surface area contributed by atoms with E-state index < -0.39 is 0 Å². The molecule has 19 heavy (non-hydrogen) atoms. The summed E-state index contributed by atoms with van der Waals surface area (Å²) in [5.41, 5.74) is 2.45. The predicted octanol–water partition coefficient (Wildman–Crippen LogP) is 5.73. The molecule has 0 N–H and O–H groups in total. The number of rotatable bonds is 5. The second-order valence-corrected chi connectivity index (χ2v) is 5.03. The van der Waals surface area contributed by atoms with Crippen molar-refractivity contribution in [3.63, 3.8) is 0 Å². The Balaban J connectivity index is 2.06. The SMILES string of the molecule is CCC(C)c1ccc(Oc2ccc(CCl)cc2)cc1. The van der Waals surface area contributed by atoms with E-state index in [4.69, 9.17) is 16.3 Å². The fourth-order valence-corrected chi connectivity index (χ4v) is 2.06. The van der Waals surface area contributed by atoms with E-state index in [2.05, 4.69) is 26.0 Å². The number of benzene rings is 2. The Morgan fingerprint density at radius 1 is 0.947 bits per heavy atom. The largest absolute Gasteiger partial charge is 0.457 e. The highest BCUT2D eigenvalue weighted by atomic mass is 35.5. The zero-order valence-corrected chi connectivity index (χ0v) is 12.2. The molecule has 0 aliphatic carbocycles. The van der Waals surface area contributed by atoms with Crippen LogP contribution in [0.2, 0.25) is 0 Å². The van der Waals surface area contributed by atoms with Gasteiger partial charge < -0.3 is 4.74 Å². The molecule has 0 spiro atoms. The summed E-state index contributed by atoms with van der Waals surface area (Å²) in [6.45, 7) is 4.44. The number of hydrogen-bond donors (Lipinski definition) is 0. The molecule has 2 heteroatoms. The molecule has 0 aliphatic rings. The summed E-state index contributed by atoms with van der Waals surface area (Å²) in [5.74, 6) is 2.83. The van der Waals surface area contributed by atoms with E-state index in [0.29, 0.717) is 11.8 Å². The summed E-state index contributed by atoms with van der Waals surface area (Å²) in [6.07, 6.45) is 1.15. The predicted molar refractivity (Wildman–Crippen MR) is 81.2 cm³/mol. The van der Waals surface area contributed by atoms with Crippen molar-refractivity contribution in [1.82, 2.24) is 0 Å². The van der Waals surface area contributed by atoms with Crippen molar-refractivity contribution < 1.29 is 4.74 Å². The van der Waals surface area contributed by atoms with Gasteiger partial charge in [0.1, 0.15) is 11.5 Å². The van der Waals surface area contributed by atoms with Crippen molar-refractivity contribution in [3.8, 4) is 11.5 Å². The molecule has 100 valence electrons. The van der Waals surface area contributed by atoms with Crippen LogP contribution in [0, 0.1) is 0 Å². The van der Waals surface area contributed by atoms with Crippen LogP contribution < -0.4 is 4.74 Å². The van der Waals surface area contributed by atoms with Crippen LogP contribution in [-0.2, 0) is 5.88 Å². The Bertz CT molecular complexity index is 502. The topological polar surface area (TPSA) is 9.23 Å². The smallest absolute Gasteiger partial charge is 0.127 e. The minimum absolute atomic E-state index is 0.532. The molecule has 0 aliphatic heterocycles. The minimum Gasteiger partial charge on any atom is -0.457 e. The maximum atomic E-state index is 5.80. The van der Waals surface area contributed by atoms with Crippen LogP contribution in [0.4, 0.5) is 0 Å². The van der Waals surface area contributed by atoms with Gasteiger partial charge in [0.05, 0.1) is 0 Å². The lowest BCUT2D eigenvalue weighted by atomic mass is 9.99. The van der Waals surface area contributed by atoms with E-state index >= 15 is 0 Å². The zero-order valence-electron chi connectivity index (χ0n) is 11.4. The molecule has 2 aromatic rings. The molecule has 0 fully saturated rings. The van der Waals surface area contributed by atoms with E-state index in [-0.39, 0.29) is 0 Å². The van der Waals surface area contributed by atoms with Gasteiger partial charge in [0.15, 0.2) is 0 Å². The van der Waals surface area contributed by atoms with E-state index in [9.17, 15) is 0 Å². The highest BCUT2D eigenvalue weighted by Gasteiger charge is 2.03. The molecule has 2 aromatic carbocycles. The Morgan fingerprint density at radius 2 is 1.47 bits per heavy atom.